The fourth-order valence-electron chi connectivity index (χ4n) is 3.44. The second-order valence-corrected chi connectivity index (χ2v) is 9.48. The summed E-state index contributed by atoms with van der Waals surface area (Å²) in [7, 11) is -3.37. The standard InChI is InChI=1S/C18H36N4O5S.HI/c1-2-19-17(21-14-18(6-9-23)7-11-26-15-18)20-8-12-28(24,25)22-13-16-5-3-4-10-27-16;/h16,22-23H,2-15H2,1H3,(H2,19,20,21);1H. The van der Waals surface area contributed by atoms with Crippen molar-refractivity contribution in [2.24, 2.45) is 10.4 Å². The maximum absolute atomic E-state index is 12.2. The first-order valence-corrected chi connectivity index (χ1v) is 11.9. The lowest BCUT2D eigenvalue weighted by molar-refractivity contribution is 0.0200. The fourth-order valence-corrected chi connectivity index (χ4v) is 4.40. The monoisotopic (exact) mass is 548 g/mol. The van der Waals surface area contributed by atoms with Crippen molar-refractivity contribution in [3.05, 3.63) is 0 Å². The molecule has 2 aliphatic rings. The van der Waals surface area contributed by atoms with Crippen LogP contribution in [0.5, 0.6) is 0 Å². The number of sulfonamides is 1. The minimum absolute atomic E-state index is 0. The van der Waals surface area contributed by atoms with E-state index in [0.717, 1.165) is 25.7 Å². The molecule has 0 saturated carbocycles. The number of nitrogens with zero attached hydrogens (tertiary/aromatic N) is 1. The van der Waals surface area contributed by atoms with Crippen LogP contribution >= 0.6 is 24.0 Å². The van der Waals surface area contributed by atoms with Crippen LogP contribution in [-0.4, -0.2) is 83.9 Å². The van der Waals surface area contributed by atoms with E-state index in [1.807, 2.05) is 6.92 Å². The molecule has 2 unspecified atom stereocenters. The Morgan fingerprint density at radius 2 is 2.10 bits per heavy atom. The molecule has 172 valence electrons. The third-order valence-corrected chi connectivity index (χ3v) is 6.56. The van der Waals surface area contributed by atoms with Gasteiger partial charge in [-0.2, -0.15) is 0 Å². The van der Waals surface area contributed by atoms with Gasteiger partial charge in [0.15, 0.2) is 5.96 Å². The topological polar surface area (TPSA) is 121 Å². The highest BCUT2D eigenvalue weighted by atomic mass is 127. The zero-order chi connectivity index (χ0) is 20.3. The molecule has 9 nitrogen and oxygen atoms in total. The lowest BCUT2D eigenvalue weighted by Gasteiger charge is -2.25. The molecule has 2 fully saturated rings. The predicted octanol–water partition coefficient (Wildman–Crippen LogP) is 0.437. The van der Waals surface area contributed by atoms with E-state index in [1.165, 1.54) is 0 Å². The van der Waals surface area contributed by atoms with E-state index >= 15 is 0 Å². The first-order valence-electron chi connectivity index (χ1n) is 10.3. The minimum atomic E-state index is -3.37. The van der Waals surface area contributed by atoms with Gasteiger partial charge < -0.3 is 25.2 Å². The summed E-state index contributed by atoms with van der Waals surface area (Å²) in [5.74, 6) is 0.548. The summed E-state index contributed by atoms with van der Waals surface area (Å²) in [5, 5.41) is 15.5. The van der Waals surface area contributed by atoms with Crippen molar-refractivity contribution in [2.45, 2.75) is 45.1 Å². The smallest absolute Gasteiger partial charge is 0.213 e. The molecule has 0 aliphatic carbocycles. The highest BCUT2D eigenvalue weighted by molar-refractivity contribution is 14.0. The molecular formula is C18H37IN4O5S. The summed E-state index contributed by atoms with van der Waals surface area (Å²) < 4.78 is 38.1. The van der Waals surface area contributed by atoms with Gasteiger partial charge in [0, 0.05) is 44.9 Å². The van der Waals surface area contributed by atoms with Gasteiger partial charge in [-0.1, -0.05) is 0 Å². The predicted molar refractivity (Wildman–Crippen MR) is 124 cm³/mol. The van der Waals surface area contributed by atoms with Crippen LogP contribution in [0, 0.1) is 5.41 Å². The lowest BCUT2D eigenvalue weighted by atomic mass is 9.84. The Labute approximate surface area is 191 Å². The van der Waals surface area contributed by atoms with Crippen molar-refractivity contribution in [3.63, 3.8) is 0 Å². The molecule has 29 heavy (non-hydrogen) atoms. The van der Waals surface area contributed by atoms with Crippen LogP contribution in [0.4, 0.5) is 0 Å². The van der Waals surface area contributed by atoms with Gasteiger partial charge in [0.25, 0.3) is 0 Å². The number of halogens is 1. The molecule has 4 N–H and O–H groups in total. The quantitative estimate of drug-likeness (QED) is 0.168. The van der Waals surface area contributed by atoms with Crippen LogP contribution < -0.4 is 15.4 Å². The zero-order valence-corrected chi connectivity index (χ0v) is 20.5. The van der Waals surface area contributed by atoms with Crippen molar-refractivity contribution in [2.75, 3.05) is 58.4 Å². The third-order valence-electron chi connectivity index (χ3n) is 5.21. The second kappa shape index (κ2) is 14.0. The number of hydrogen-bond donors (Lipinski definition) is 4. The largest absolute Gasteiger partial charge is 0.396 e. The Morgan fingerprint density at radius 3 is 2.72 bits per heavy atom. The van der Waals surface area contributed by atoms with Crippen LogP contribution in [0.25, 0.3) is 0 Å². The van der Waals surface area contributed by atoms with Crippen molar-refractivity contribution in [1.82, 2.24) is 15.4 Å². The molecule has 2 aliphatic heterocycles. The zero-order valence-electron chi connectivity index (χ0n) is 17.3. The summed E-state index contributed by atoms with van der Waals surface area (Å²) in [6, 6.07) is 0. The maximum Gasteiger partial charge on any atom is 0.213 e. The van der Waals surface area contributed by atoms with Crippen LogP contribution in [0.1, 0.15) is 39.0 Å². The number of hydrogen-bond acceptors (Lipinski definition) is 6. The molecule has 0 aromatic rings. The van der Waals surface area contributed by atoms with Crippen molar-refractivity contribution in [1.29, 1.82) is 0 Å². The summed E-state index contributed by atoms with van der Waals surface area (Å²) in [6.45, 7) is 5.87. The summed E-state index contributed by atoms with van der Waals surface area (Å²) >= 11 is 0. The Balaban J connectivity index is 0.00000420. The first-order chi connectivity index (χ1) is 13.5. The summed E-state index contributed by atoms with van der Waals surface area (Å²) in [5.41, 5.74) is -0.134. The molecule has 11 heteroatoms. The van der Waals surface area contributed by atoms with Crippen molar-refractivity contribution < 1.29 is 23.0 Å². The number of nitrogens with one attached hydrogen (secondary N) is 3. The van der Waals surface area contributed by atoms with E-state index < -0.39 is 10.0 Å². The lowest BCUT2D eigenvalue weighted by Crippen LogP contribution is -2.43. The van der Waals surface area contributed by atoms with Crippen LogP contribution in [0.3, 0.4) is 0 Å². The van der Waals surface area contributed by atoms with Gasteiger partial charge in [-0.25, -0.2) is 13.1 Å². The molecular weight excluding hydrogens is 511 g/mol. The average Bonchev–Trinajstić information content (AvgIpc) is 3.14. The molecule has 0 aromatic carbocycles. The molecule has 0 aromatic heterocycles. The van der Waals surface area contributed by atoms with Gasteiger partial charge >= 0.3 is 0 Å². The Morgan fingerprint density at radius 1 is 1.28 bits per heavy atom. The number of aliphatic hydroxyl groups is 1. The first kappa shape index (κ1) is 26.8. The van der Waals surface area contributed by atoms with Gasteiger partial charge in [-0.15, -0.1) is 24.0 Å². The highest BCUT2D eigenvalue weighted by Gasteiger charge is 2.34. The molecule has 2 saturated heterocycles. The van der Waals surface area contributed by atoms with Crippen molar-refractivity contribution in [3.8, 4) is 0 Å². The van der Waals surface area contributed by atoms with Crippen molar-refractivity contribution >= 4 is 40.0 Å². The number of aliphatic hydroxyl groups excluding tert-OH is 1. The van der Waals surface area contributed by atoms with Crippen LogP contribution in [0.15, 0.2) is 4.99 Å². The average molecular weight is 548 g/mol. The minimum Gasteiger partial charge on any atom is -0.396 e. The highest BCUT2D eigenvalue weighted by Crippen LogP contribution is 2.32. The normalized spacial score (nSPS) is 25.4. The van der Waals surface area contributed by atoms with Gasteiger partial charge in [0.1, 0.15) is 0 Å². The second-order valence-electron chi connectivity index (χ2n) is 7.55. The van der Waals surface area contributed by atoms with E-state index in [0.29, 0.717) is 51.8 Å². The van der Waals surface area contributed by atoms with E-state index in [1.54, 1.807) is 0 Å². The number of guanidine groups is 1. The fraction of sp³-hybridized carbons (Fsp3) is 0.944. The van der Waals surface area contributed by atoms with Gasteiger partial charge in [-0.3, -0.25) is 4.99 Å². The number of ether oxygens (including phenoxy) is 2. The number of aliphatic imine (C=N–C) groups is 1. The van der Waals surface area contributed by atoms with E-state index in [-0.39, 0.29) is 54.4 Å². The Kier molecular flexibility index (Phi) is 12.9. The Hall–Kier alpha value is -0.210. The maximum atomic E-state index is 12.2. The molecule has 2 heterocycles. The third kappa shape index (κ3) is 10.1. The molecule has 0 amide bonds. The van der Waals surface area contributed by atoms with E-state index in [4.69, 9.17) is 9.47 Å². The Bertz CT molecular complexity index is 579. The van der Waals surface area contributed by atoms with Gasteiger partial charge in [-0.05, 0) is 39.0 Å². The summed E-state index contributed by atoms with van der Waals surface area (Å²) in [4.78, 5) is 4.59. The molecule has 0 spiro atoms. The van der Waals surface area contributed by atoms with E-state index in [9.17, 15) is 13.5 Å². The molecule has 2 atom stereocenters. The summed E-state index contributed by atoms with van der Waals surface area (Å²) in [6.07, 6.45) is 4.53. The van der Waals surface area contributed by atoms with Crippen LogP contribution in [-0.2, 0) is 19.5 Å². The molecule has 2 rings (SSSR count). The molecule has 0 radical (unpaired) electrons. The molecule has 0 bridgehead atoms. The van der Waals surface area contributed by atoms with Gasteiger partial charge in [0.05, 0.1) is 25.0 Å². The van der Waals surface area contributed by atoms with E-state index in [2.05, 4.69) is 20.3 Å². The SMILES string of the molecule is CCNC(=NCC1(CCO)CCOC1)NCCS(=O)(=O)NCC1CCCCO1.I. The van der Waals surface area contributed by atoms with Gasteiger partial charge in [0.2, 0.25) is 10.0 Å². The van der Waals surface area contributed by atoms with Crippen LogP contribution in [0.2, 0.25) is 0 Å². The number of rotatable bonds is 11.